The highest BCUT2D eigenvalue weighted by Crippen LogP contribution is 2.23. The minimum atomic E-state index is -0.339. The molecule has 0 saturated heterocycles. The Labute approximate surface area is 95.2 Å². The van der Waals surface area contributed by atoms with Gasteiger partial charge in [-0.3, -0.25) is 0 Å². The molecule has 1 heterocycles. The van der Waals surface area contributed by atoms with E-state index in [1.807, 2.05) is 13.8 Å². The summed E-state index contributed by atoms with van der Waals surface area (Å²) >= 11 is 1.70. The van der Waals surface area contributed by atoms with Gasteiger partial charge in [0.05, 0.1) is 6.04 Å². The Kier molecular flexibility index (Phi) is 5.25. The van der Waals surface area contributed by atoms with Crippen molar-refractivity contribution in [3.05, 3.63) is 21.9 Å². The van der Waals surface area contributed by atoms with E-state index in [2.05, 4.69) is 18.4 Å². The molecule has 1 atom stereocenters. The third kappa shape index (κ3) is 3.57. The third-order valence-electron chi connectivity index (χ3n) is 2.09. The zero-order valence-electron chi connectivity index (χ0n) is 9.53. The molecule has 0 spiro atoms. The summed E-state index contributed by atoms with van der Waals surface area (Å²) in [6, 6.07) is 1.88. The maximum atomic E-state index is 6.08. The monoisotopic (exact) mass is 229 g/mol. The fourth-order valence-corrected chi connectivity index (χ4v) is 2.13. The van der Waals surface area contributed by atoms with Gasteiger partial charge >= 0.3 is 0 Å². The van der Waals surface area contributed by atoms with Crippen LogP contribution in [-0.2, 0) is 9.47 Å². The molecule has 86 valence electrons. The van der Waals surface area contributed by atoms with Gasteiger partial charge in [-0.2, -0.15) is 0 Å². The summed E-state index contributed by atoms with van der Waals surface area (Å²) in [5.41, 5.74) is 7.17. The number of hydrogen-bond acceptors (Lipinski definition) is 4. The third-order valence-corrected chi connectivity index (χ3v) is 2.97. The van der Waals surface area contributed by atoms with E-state index in [0.29, 0.717) is 13.2 Å². The molecule has 1 rings (SSSR count). The Balaban J connectivity index is 2.66. The zero-order chi connectivity index (χ0) is 11.3. The number of rotatable bonds is 6. The molecule has 0 fully saturated rings. The minimum absolute atomic E-state index is 0.199. The summed E-state index contributed by atoms with van der Waals surface area (Å²) in [6.07, 6.45) is -0.339. The Morgan fingerprint density at radius 2 is 1.93 bits per heavy atom. The summed E-state index contributed by atoms with van der Waals surface area (Å²) in [4.78, 5) is 1.26. The van der Waals surface area contributed by atoms with E-state index in [1.54, 1.807) is 11.3 Å². The molecule has 3 nitrogen and oxygen atoms in total. The first-order chi connectivity index (χ1) is 7.19. The average Bonchev–Trinajstić information content (AvgIpc) is 2.63. The Bertz CT molecular complexity index is 282. The summed E-state index contributed by atoms with van der Waals surface area (Å²) in [5, 5.41) is 2.06. The standard InChI is InChI=1S/C11H19NO2S/c1-4-13-11(14-5-2)10(12)9-6-8(3)15-7-9/h6-7,10-11H,4-5,12H2,1-3H3. The first kappa shape index (κ1) is 12.6. The van der Waals surface area contributed by atoms with E-state index in [-0.39, 0.29) is 12.3 Å². The molecule has 0 aliphatic carbocycles. The molecule has 1 aromatic heterocycles. The smallest absolute Gasteiger partial charge is 0.176 e. The van der Waals surface area contributed by atoms with Crippen LogP contribution in [0.2, 0.25) is 0 Å². The van der Waals surface area contributed by atoms with Crippen LogP contribution in [-0.4, -0.2) is 19.5 Å². The fraction of sp³-hybridized carbons (Fsp3) is 0.636. The van der Waals surface area contributed by atoms with Crippen LogP contribution in [0.1, 0.15) is 30.3 Å². The molecule has 0 amide bonds. The quantitative estimate of drug-likeness (QED) is 0.762. The molecule has 4 heteroatoms. The van der Waals surface area contributed by atoms with Gasteiger partial charge < -0.3 is 15.2 Å². The second-order valence-electron chi connectivity index (χ2n) is 3.30. The lowest BCUT2D eigenvalue weighted by molar-refractivity contribution is -0.149. The molecule has 0 aromatic carbocycles. The summed E-state index contributed by atoms with van der Waals surface area (Å²) in [6.45, 7) is 7.18. The van der Waals surface area contributed by atoms with Crippen LogP contribution in [0, 0.1) is 6.92 Å². The Hall–Kier alpha value is -0.420. The summed E-state index contributed by atoms with van der Waals surface area (Å²) in [7, 11) is 0. The molecule has 0 saturated carbocycles. The lowest BCUT2D eigenvalue weighted by Crippen LogP contribution is -2.31. The number of thiophene rings is 1. The van der Waals surface area contributed by atoms with Crippen molar-refractivity contribution in [2.24, 2.45) is 5.73 Å². The number of nitrogens with two attached hydrogens (primary N) is 1. The molecular formula is C11H19NO2S. The topological polar surface area (TPSA) is 44.5 Å². The van der Waals surface area contributed by atoms with Crippen molar-refractivity contribution in [2.45, 2.75) is 33.1 Å². The van der Waals surface area contributed by atoms with Crippen LogP contribution in [0.15, 0.2) is 11.4 Å². The van der Waals surface area contributed by atoms with Crippen molar-refractivity contribution >= 4 is 11.3 Å². The van der Waals surface area contributed by atoms with E-state index in [9.17, 15) is 0 Å². The van der Waals surface area contributed by atoms with Gasteiger partial charge in [-0.15, -0.1) is 11.3 Å². The summed E-state index contributed by atoms with van der Waals surface area (Å²) < 4.78 is 10.9. The van der Waals surface area contributed by atoms with Gasteiger partial charge in [0.25, 0.3) is 0 Å². The zero-order valence-corrected chi connectivity index (χ0v) is 10.3. The van der Waals surface area contributed by atoms with E-state index < -0.39 is 0 Å². The molecule has 1 aromatic rings. The van der Waals surface area contributed by atoms with Gasteiger partial charge in [0, 0.05) is 18.1 Å². The second kappa shape index (κ2) is 6.23. The Morgan fingerprint density at radius 3 is 2.33 bits per heavy atom. The molecular weight excluding hydrogens is 210 g/mol. The highest BCUT2D eigenvalue weighted by molar-refractivity contribution is 7.10. The van der Waals surface area contributed by atoms with E-state index >= 15 is 0 Å². The van der Waals surface area contributed by atoms with Gasteiger partial charge in [0.15, 0.2) is 6.29 Å². The van der Waals surface area contributed by atoms with Crippen molar-refractivity contribution in [1.29, 1.82) is 0 Å². The molecule has 0 radical (unpaired) electrons. The largest absolute Gasteiger partial charge is 0.351 e. The average molecular weight is 229 g/mol. The van der Waals surface area contributed by atoms with Crippen LogP contribution >= 0.6 is 11.3 Å². The lowest BCUT2D eigenvalue weighted by Gasteiger charge is -2.22. The minimum Gasteiger partial charge on any atom is -0.351 e. The highest BCUT2D eigenvalue weighted by atomic mass is 32.1. The van der Waals surface area contributed by atoms with Crippen LogP contribution < -0.4 is 5.73 Å². The Morgan fingerprint density at radius 1 is 1.33 bits per heavy atom. The number of aryl methyl sites for hydroxylation is 1. The SMILES string of the molecule is CCOC(OCC)C(N)c1csc(C)c1. The van der Waals surface area contributed by atoms with E-state index in [4.69, 9.17) is 15.2 Å². The first-order valence-electron chi connectivity index (χ1n) is 5.22. The highest BCUT2D eigenvalue weighted by Gasteiger charge is 2.20. The summed E-state index contributed by atoms with van der Waals surface area (Å²) in [5.74, 6) is 0. The van der Waals surface area contributed by atoms with Gasteiger partial charge in [-0.1, -0.05) is 0 Å². The van der Waals surface area contributed by atoms with Crippen molar-refractivity contribution in [1.82, 2.24) is 0 Å². The number of ether oxygens (including phenoxy) is 2. The maximum absolute atomic E-state index is 6.08. The molecule has 1 unspecified atom stereocenters. The molecule has 0 aliphatic heterocycles. The van der Waals surface area contributed by atoms with Crippen molar-refractivity contribution in [3.63, 3.8) is 0 Å². The van der Waals surface area contributed by atoms with Crippen molar-refractivity contribution in [3.8, 4) is 0 Å². The van der Waals surface area contributed by atoms with Gasteiger partial charge in [0.2, 0.25) is 0 Å². The fourth-order valence-electron chi connectivity index (χ4n) is 1.38. The van der Waals surface area contributed by atoms with Crippen molar-refractivity contribution in [2.75, 3.05) is 13.2 Å². The molecule has 15 heavy (non-hydrogen) atoms. The predicted molar refractivity (Wildman–Crippen MR) is 63.0 cm³/mol. The number of hydrogen-bond donors (Lipinski definition) is 1. The predicted octanol–water partition coefficient (Wildman–Crippen LogP) is 2.46. The van der Waals surface area contributed by atoms with Crippen LogP contribution in [0.25, 0.3) is 0 Å². The van der Waals surface area contributed by atoms with Gasteiger partial charge in [-0.05, 0) is 37.8 Å². The van der Waals surface area contributed by atoms with Crippen LogP contribution in [0.4, 0.5) is 0 Å². The molecule has 0 bridgehead atoms. The molecule has 2 N–H and O–H groups in total. The van der Waals surface area contributed by atoms with Gasteiger partial charge in [0.1, 0.15) is 0 Å². The molecule has 0 aliphatic rings. The lowest BCUT2D eigenvalue weighted by atomic mass is 10.1. The van der Waals surface area contributed by atoms with E-state index in [1.165, 1.54) is 4.88 Å². The van der Waals surface area contributed by atoms with E-state index in [0.717, 1.165) is 5.56 Å². The van der Waals surface area contributed by atoms with Crippen LogP contribution in [0.5, 0.6) is 0 Å². The second-order valence-corrected chi connectivity index (χ2v) is 4.41. The van der Waals surface area contributed by atoms with Crippen molar-refractivity contribution < 1.29 is 9.47 Å². The van der Waals surface area contributed by atoms with Crippen LogP contribution in [0.3, 0.4) is 0 Å². The normalized spacial score (nSPS) is 13.4. The first-order valence-corrected chi connectivity index (χ1v) is 6.10. The van der Waals surface area contributed by atoms with Gasteiger partial charge in [-0.25, -0.2) is 0 Å². The maximum Gasteiger partial charge on any atom is 0.176 e.